The van der Waals surface area contributed by atoms with Gasteiger partial charge in [-0.05, 0) is 44.5 Å². The maximum Gasteiger partial charge on any atom is 0.117 e. The fourth-order valence-electron chi connectivity index (χ4n) is 3.69. The molecule has 0 bridgehead atoms. The highest BCUT2D eigenvalue weighted by Gasteiger charge is 2.21. The molecule has 2 aliphatic heterocycles. The number of aromatic nitrogens is 3. The van der Waals surface area contributed by atoms with Gasteiger partial charge >= 0.3 is 0 Å². The Bertz CT molecular complexity index is 648. The van der Waals surface area contributed by atoms with Gasteiger partial charge in [0.05, 0.1) is 31.7 Å². The normalized spacial score (nSPS) is 19.2. The third-order valence-electron chi connectivity index (χ3n) is 5.08. The average molecular weight is 345 g/mol. The highest BCUT2D eigenvalue weighted by atomic mass is 16.5. The fraction of sp³-hybridized carbons (Fsp3) is 0.667. The topological polar surface area (TPSA) is 59.6 Å². The number of furan rings is 1. The number of hydrogen-bond donors (Lipinski definition) is 0. The molecule has 7 heteroatoms. The standard InChI is InChI=1S/C18H27N5O2/c1-2-7-21(6-1)10-12-24-15-17-18-14-22(13-16-5-3-11-25-16)8-4-9-23(18)20-19-17/h3,5,11H,1-2,4,6-10,12-15H2. The molecular formula is C18H27N5O2. The Balaban J connectivity index is 1.32. The largest absolute Gasteiger partial charge is 0.468 e. The Morgan fingerprint density at radius 1 is 1.08 bits per heavy atom. The molecule has 4 heterocycles. The van der Waals surface area contributed by atoms with E-state index in [1.165, 1.54) is 31.6 Å². The lowest BCUT2D eigenvalue weighted by Crippen LogP contribution is -2.24. The van der Waals surface area contributed by atoms with E-state index in [1.807, 2.05) is 16.8 Å². The van der Waals surface area contributed by atoms with Crippen molar-refractivity contribution in [3.8, 4) is 0 Å². The molecular weight excluding hydrogens is 318 g/mol. The first-order chi connectivity index (χ1) is 12.4. The second kappa shape index (κ2) is 8.12. The molecule has 0 spiro atoms. The molecule has 136 valence electrons. The van der Waals surface area contributed by atoms with Crippen LogP contribution in [-0.4, -0.2) is 57.6 Å². The second-order valence-electron chi connectivity index (χ2n) is 6.95. The van der Waals surface area contributed by atoms with E-state index in [1.54, 1.807) is 6.26 Å². The predicted molar refractivity (Wildman–Crippen MR) is 92.8 cm³/mol. The predicted octanol–water partition coefficient (Wildman–Crippen LogP) is 1.89. The molecule has 1 saturated heterocycles. The number of likely N-dealkylation sites (tertiary alicyclic amines) is 1. The molecule has 0 N–H and O–H groups in total. The minimum atomic E-state index is 0.553. The maximum absolute atomic E-state index is 5.89. The van der Waals surface area contributed by atoms with Crippen LogP contribution in [0.3, 0.4) is 0 Å². The molecule has 4 rings (SSSR count). The van der Waals surface area contributed by atoms with Gasteiger partial charge in [0.1, 0.15) is 11.5 Å². The first-order valence-corrected chi connectivity index (χ1v) is 9.34. The van der Waals surface area contributed by atoms with E-state index in [4.69, 9.17) is 9.15 Å². The number of rotatable bonds is 7. The van der Waals surface area contributed by atoms with E-state index in [9.17, 15) is 0 Å². The zero-order valence-corrected chi connectivity index (χ0v) is 14.8. The van der Waals surface area contributed by atoms with Gasteiger partial charge < -0.3 is 14.1 Å². The number of aryl methyl sites for hydroxylation is 1. The van der Waals surface area contributed by atoms with Gasteiger partial charge in [-0.25, -0.2) is 4.68 Å². The summed E-state index contributed by atoms with van der Waals surface area (Å²) in [6, 6.07) is 3.97. The van der Waals surface area contributed by atoms with Gasteiger partial charge in [-0.3, -0.25) is 4.90 Å². The van der Waals surface area contributed by atoms with Crippen LogP contribution in [0.2, 0.25) is 0 Å². The fourth-order valence-corrected chi connectivity index (χ4v) is 3.69. The summed E-state index contributed by atoms with van der Waals surface area (Å²) in [4.78, 5) is 4.87. The third kappa shape index (κ3) is 4.29. The molecule has 0 atom stereocenters. The van der Waals surface area contributed by atoms with E-state index < -0.39 is 0 Å². The number of ether oxygens (including phenoxy) is 1. The van der Waals surface area contributed by atoms with E-state index in [-0.39, 0.29) is 0 Å². The average Bonchev–Trinajstić information content (AvgIpc) is 3.34. The van der Waals surface area contributed by atoms with E-state index in [0.29, 0.717) is 6.61 Å². The summed E-state index contributed by atoms with van der Waals surface area (Å²) in [5.41, 5.74) is 2.16. The molecule has 1 fully saturated rings. The van der Waals surface area contributed by atoms with Gasteiger partial charge in [-0.2, -0.15) is 0 Å². The van der Waals surface area contributed by atoms with Crippen molar-refractivity contribution in [2.75, 3.05) is 32.8 Å². The molecule has 2 aromatic heterocycles. The maximum atomic E-state index is 5.89. The van der Waals surface area contributed by atoms with Crippen LogP contribution in [0, 0.1) is 0 Å². The SMILES string of the molecule is c1coc(CN2CCCn3nnc(COCCN4CCCC4)c3C2)c1. The van der Waals surface area contributed by atoms with Crippen molar-refractivity contribution in [3.05, 3.63) is 35.5 Å². The monoisotopic (exact) mass is 345 g/mol. The van der Waals surface area contributed by atoms with Gasteiger partial charge in [0.2, 0.25) is 0 Å². The van der Waals surface area contributed by atoms with E-state index in [2.05, 4.69) is 20.1 Å². The Morgan fingerprint density at radius 3 is 2.80 bits per heavy atom. The van der Waals surface area contributed by atoms with Crippen molar-refractivity contribution < 1.29 is 9.15 Å². The van der Waals surface area contributed by atoms with Gasteiger partial charge in [0, 0.05) is 26.2 Å². The second-order valence-corrected chi connectivity index (χ2v) is 6.95. The van der Waals surface area contributed by atoms with Crippen molar-refractivity contribution in [2.45, 2.75) is 45.5 Å². The molecule has 7 nitrogen and oxygen atoms in total. The highest BCUT2D eigenvalue weighted by molar-refractivity contribution is 5.10. The van der Waals surface area contributed by atoms with Crippen LogP contribution >= 0.6 is 0 Å². The summed E-state index contributed by atoms with van der Waals surface area (Å²) < 4.78 is 13.4. The van der Waals surface area contributed by atoms with Crippen LogP contribution in [0.15, 0.2) is 22.8 Å². The Morgan fingerprint density at radius 2 is 1.96 bits per heavy atom. The summed E-state index contributed by atoms with van der Waals surface area (Å²) in [7, 11) is 0. The van der Waals surface area contributed by atoms with Crippen LogP contribution in [0.5, 0.6) is 0 Å². The van der Waals surface area contributed by atoms with Crippen molar-refractivity contribution in [1.29, 1.82) is 0 Å². The van der Waals surface area contributed by atoms with Crippen LogP contribution in [-0.2, 0) is 31.0 Å². The van der Waals surface area contributed by atoms with Gasteiger partial charge in [0.15, 0.2) is 0 Å². The molecule has 2 aliphatic rings. The summed E-state index contributed by atoms with van der Waals surface area (Å²) in [5, 5.41) is 8.70. The minimum absolute atomic E-state index is 0.553. The molecule has 0 radical (unpaired) electrons. The van der Waals surface area contributed by atoms with Gasteiger partial charge in [-0.15, -0.1) is 5.10 Å². The van der Waals surface area contributed by atoms with Gasteiger partial charge in [-0.1, -0.05) is 5.21 Å². The number of fused-ring (bicyclic) bond motifs is 1. The lowest BCUT2D eigenvalue weighted by atomic mass is 10.3. The zero-order chi connectivity index (χ0) is 16.9. The highest BCUT2D eigenvalue weighted by Crippen LogP contribution is 2.18. The summed E-state index contributed by atoms with van der Waals surface area (Å²) in [6.45, 7) is 8.41. The lowest BCUT2D eigenvalue weighted by molar-refractivity contribution is 0.0960. The minimum Gasteiger partial charge on any atom is -0.468 e. The van der Waals surface area contributed by atoms with Crippen LogP contribution in [0.1, 0.15) is 36.4 Å². The smallest absolute Gasteiger partial charge is 0.117 e. The van der Waals surface area contributed by atoms with E-state index in [0.717, 1.165) is 57.2 Å². The number of hydrogen-bond acceptors (Lipinski definition) is 6. The molecule has 0 amide bonds. The molecule has 25 heavy (non-hydrogen) atoms. The van der Waals surface area contributed by atoms with E-state index >= 15 is 0 Å². The summed E-state index contributed by atoms with van der Waals surface area (Å²) >= 11 is 0. The molecule has 0 saturated carbocycles. The van der Waals surface area contributed by atoms with Crippen molar-refractivity contribution in [2.24, 2.45) is 0 Å². The first kappa shape index (κ1) is 16.8. The number of nitrogens with zero attached hydrogens (tertiary/aromatic N) is 5. The Labute approximate surface area is 148 Å². The van der Waals surface area contributed by atoms with Crippen molar-refractivity contribution in [1.82, 2.24) is 24.8 Å². The summed E-state index contributed by atoms with van der Waals surface area (Å²) in [5.74, 6) is 1.00. The third-order valence-corrected chi connectivity index (χ3v) is 5.08. The van der Waals surface area contributed by atoms with Crippen LogP contribution in [0.4, 0.5) is 0 Å². The molecule has 2 aromatic rings. The van der Waals surface area contributed by atoms with Crippen LogP contribution in [0.25, 0.3) is 0 Å². The Kier molecular flexibility index (Phi) is 5.44. The van der Waals surface area contributed by atoms with Crippen molar-refractivity contribution >= 4 is 0 Å². The molecule has 0 unspecified atom stereocenters. The Hall–Kier alpha value is -1.70. The summed E-state index contributed by atoms with van der Waals surface area (Å²) in [6.07, 6.45) is 5.46. The van der Waals surface area contributed by atoms with Gasteiger partial charge in [0.25, 0.3) is 0 Å². The quantitative estimate of drug-likeness (QED) is 0.714. The molecule has 0 aromatic carbocycles. The molecule has 0 aliphatic carbocycles. The lowest BCUT2D eigenvalue weighted by Gasteiger charge is -2.18. The first-order valence-electron chi connectivity index (χ1n) is 9.34. The van der Waals surface area contributed by atoms with Crippen molar-refractivity contribution in [3.63, 3.8) is 0 Å². The van der Waals surface area contributed by atoms with Crippen LogP contribution < -0.4 is 0 Å². The zero-order valence-electron chi connectivity index (χ0n) is 14.8.